The van der Waals surface area contributed by atoms with Crippen LogP contribution in [-0.4, -0.2) is 34.6 Å². The number of hydrogen-bond donors (Lipinski definition) is 1. The van der Waals surface area contributed by atoms with Gasteiger partial charge in [0.15, 0.2) is 5.78 Å². The molecule has 1 aromatic rings. The van der Waals surface area contributed by atoms with Crippen molar-refractivity contribution in [1.82, 2.24) is 5.32 Å². The van der Waals surface area contributed by atoms with Gasteiger partial charge in [-0.3, -0.25) is 9.59 Å². The molecule has 0 heterocycles. The average molecular weight is 453 g/mol. The van der Waals surface area contributed by atoms with E-state index in [9.17, 15) is 9.59 Å². The van der Waals surface area contributed by atoms with Crippen LogP contribution in [0.4, 0.5) is 0 Å². The summed E-state index contributed by atoms with van der Waals surface area (Å²) in [5.74, 6) is -0.0196. The van der Waals surface area contributed by atoms with Crippen molar-refractivity contribution in [2.24, 2.45) is 0 Å². The van der Waals surface area contributed by atoms with E-state index in [2.05, 4.69) is 5.32 Å². The van der Waals surface area contributed by atoms with E-state index in [4.69, 9.17) is 0 Å². The number of Topliss-reactive ketones (excluding diaryl/α,β-unsaturated/α-hetero) is 1. The van der Waals surface area contributed by atoms with Crippen LogP contribution in [0.25, 0.3) is 0 Å². The first kappa shape index (κ1) is 22.3. The van der Waals surface area contributed by atoms with Gasteiger partial charge in [-0.2, -0.15) is 0 Å². The predicted octanol–water partition coefficient (Wildman–Crippen LogP) is 6.73. The molecule has 0 radical (unpaired) electrons. The van der Waals surface area contributed by atoms with E-state index in [0.717, 1.165) is 23.4 Å². The highest BCUT2D eigenvalue weighted by molar-refractivity contribution is 7.60. The summed E-state index contributed by atoms with van der Waals surface area (Å²) >= 11 is 0. The van der Waals surface area contributed by atoms with Gasteiger partial charge in [-0.1, -0.05) is 43.5 Å². The van der Waals surface area contributed by atoms with Gasteiger partial charge in [0.2, 0.25) is 5.78 Å². The third-order valence-electron chi connectivity index (χ3n) is 8.65. The van der Waals surface area contributed by atoms with Crippen molar-refractivity contribution in [2.45, 2.75) is 113 Å². The lowest BCUT2D eigenvalue weighted by Gasteiger charge is -2.42. The fraction of sp³-hybridized carbons (Fsp3) is 0.643. The Balaban J connectivity index is 1.40. The Bertz CT molecular complexity index is 848. The zero-order valence-corrected chi connectivity index (χ0v) is 20.4. The first-order valence-electron chi connectivity index (χ1n) is 13.3. The van der Waals surface area contributed by atoms with E-state index in [0.29, 0.717) is 22.9 Å². The molecule has 0 spiro atoms. The van der Waals surface area contributed by atoms with Gasteiger partial charge in [-0.05, 0) is 70.6 Å². The van der Waals surface area contributed by atoms with Crippen LogP contribution >= 0.6 is 7.92 Å². The van der Waals surface area contributed by atoms with Gasteiger partial charge in [-0.15, -0.1) is 0 Å². The largest absolute Gasteiger partial charge is 0.375 e. The molecule has 3 saturated carbocycles. The van der Waals surface area contributed by atoms with E-state index in [1.165, 1.54) is 83.5 Å². The third-order valence-corrected chi connectivity index (χ3v) is 13.2. The lowest BCUT2D eigenvalue weighted by molar-refractivity contribution is 0.0975. The normalized spacial score (nSPS) is 27.8. The summed E-state index contributed by atoms with van der Waals surface area (Å²) in [6, 6.07) is 7.66. The predicted molar refractivity (Wildman–Crippen MR) is 134 cm³/mol. The minimum atomic E-state index is -0.521. The summed E-state index contributed by atoms with van der Waals surface area (Å²) in [4.78, 5) is 26.0. The van der Waals surface area contributed by atoms with Crippen LogP contribution in [0.5, 0.6) is 0 Å². The molecule has 5 rings (SSSR count). The molecule has 2 atom stereocenters. The number of hydrogen-bond acceptors (Lipinski definition) is 3. The van der Waals surface area contributed by atoms with E-state index in [1.807, 2.05) is 18.2 Å². The Hall–Kier alpha value is -1.47. The van der Waals surface area contributed by atoms with Crippen LogP contribution < -0.4 is 5.32 Å². The van der Waals surface area contributed by atoms with Gasteiger partial charge in [0.05, 0.1) is 28.7 Å². The minimum absolute atomic E-state index is 0.00799. The molecule has 3 fully saturated rings. The van der Waals surface area contributed by atoms with E-state index in [-0.39, 0.29) is 11.6 Å². The van der Waals surface area contributed by atoms with Crippen LogP contribution in [0.15, 0.2) is 36.0 Å². The maximum absolute atomic E-state index is 13.2. The number of fused-ring (bicyclic) bond motifs is 1. The summed E-state index contributed by atoms with van der Waals surface area (Å²) in [6.07, 6.45) is 21.0. The quantitative estimate of drug-likeness (QED) is 0.504. The lowest BCUT2D eigenvalue weighted by atomic mass is 9.90. The van der Waals surface area contributed by atoms with Crippen molar-refractivity contribution in [3.63, 3.8) is 0 Å². The van der Waals surface area contributed by atoms with Crippen molar-refractivity contribution >= 4 is 19.5 Å². The summed E-state index contributed by atoms with van der Waals surface area (Å²) < 4.78 is 0. The molecule has 0 bridgehead atoms. The van der Waals surface area contributed by atoms with Crippen molar-refractivity contribution in [3.8, 4) is 0 Å². The minimum Gasteiger partial charge on any atom is -0.375 e. The first-order chi connectivity index (χ1) is 15.7. The number of rotatable bonds is 5. The zero-order chi connectivity index (χ0) is 21.9. The second kappa shape index (κ2) is 10.2. The van der Waals surface area contributed by atoms with Gasteiger partial charge in [0.25, 0.3) is 0 Å². The van der Waals surface area contributed by atoms with Gasteiger partial charge in [0, 0.05) is 25.1 Å². The fourth-order valence-electron chi connectivity index (χ4n) is 7.14. The van der Waals surface area contributed by atoms with Gasteiger partial charge < -0.3 is 5.32 Å². The van der Waals surface area contributed by atoms with Crippen molar-refractivity contribution < 1.29 is 9.59 Å². The highest BCUT2D eigenvalue weighted by atomic mass is 31.1. The molecular formula is C28H39NO2P+. The second-order valence-corrected chi connectivity index (χ2v) is 14.0. The van der Waals surface area contributed by atoms with Crippen LogP contribution in [0.1, 0.15) is 111 Å². The van der Waals surface area contributed by atoms with Crippen LogP contribution in [0, 0.1) is 0 Å². The standard InChI is InChI=1S/C28H38NO2P/c30-26-19-25(28(31)23-16-8-7-15-22(23)26)29-24-17-9-10-18-27(24)32(20-11-3-1-4-12-20)21-13-5-2-6-14-21/h7-8,15-16,19-21,24,27,29H,1-6,9-14,17-18H2/p+1. The first-order valence-corrected chi connectivity index (χ1v) is 15.0. The average Bonchev–Trinajstić information content (AvgIpc) is 2.85. The van der Waals surface area contributed by atoms with Crippen LogP contribution in [-0.2, 0) is 0 Å². The van der Waals surface area contributed by atoms with Gasteiger partial charge in [-0.25, -0.2) is 0 Å². The molecule has 4 aliphatic carbocycles. The molecule has 0 aromatic heterocycles. The highest BCUT2D eigenvalue weighted by Crippen LogP contribution is 2.61. The lowest BCUT2D eigenvalue weighted by Crippen LogP contribution is -2.45. The molecule has 32 heavy (non-hydrogen) atoms. The molecule has 0 aliphatic heterocycles. The SMILES string of the molecule is O=C1C=C(NC2CCCCC2[PH+](C2CCCCC2)C2CCCCC2)C(=O)c2ccccc21. The number of carbonyl (C=O) groups is 2. The summed E-state index contributed by atoms with van der Waals surface area (Å²) in [7, 11) is -0.521. The van der Waals surface area contributed by atoms with Crippen LogP contribution in [0.3, 0.4) is 0 Å². The van der Waals surface area contributed by atoms with E-state index in [1.54, 1.807) is 12.1 Å². The van der Waals surface area contributed by atoms with E-state index >= 15 is 0 Å². The zero-order valence-electron chi connectivity index (χ0n) is 19.4. The smallest absolute Gasteiger partial charge is 0.209 e. The van der Waals surface area contributed by atoms with Gasteiger partial charge >= 0.3 is 0 Å². The fourth-order valence-corrected chi connectivity index (χ4v) is 12.4. The van der Waals surface area contributed by atoms with Gasteiger partial charge in [0.1, 0.15) is 0 Å². The molecule has 4 heteroatoms. The molecular weight excluding hydrogens is 413 g/mol. The monoisotopic (exact) mass is 452 g/mol. The third kappa shape index (κ3) is 4.60. The molecule has 1 aromatic carbocycles. The number of ketones is 2. The molecule has 3 nitrogen and oxygen atoms in total. The Kier molecular flexibility index (Phi) is 7.12. The van der Waals surface area contributed by atoms with Crippen molar-refractivity contribution in [3.05, 3.63) is 47.2 Å². The Labute approximate surface area is 194 Å². The maximum Gasteiger partial charge on any atom is 0.209 e. The number of benzene rings is 1. The second-order valence-electron chi connectivity index (χ2n) is 10.6. The summed E-state index contributed by atoms with van der Waals surface area (Å²) in [5.41, 5.74) is 4.34. The number of carbonyl (C=O) groups excluding carboxylic acids is 2. The number of nitrogens with one attached hydrogen (secondary N) is 1. The maximum atomic E-state index is 13.2. The number of allylic oxidation sites excluding steroid dienone is 2. The Morgan fingerprint density at radius 2 is 1.25 bits per heavy atom. The molecule has 4 aliphatic rings. The van der Waals surface area contributed by atoms with Crippen LogP contribution in [0.2, 0.25) is 0 Å². The van der Waals surface area contributed by atoms with Crippen molar-refractivity contribution in [2.75, 3.05) is 0 Å². The Morgan fingerprint density at radius 3 is 1.91 bits per heavy atom. The topological polar surface area (TPSA) is 46.2 Å². The summed E-state index contributed by atoms with van der Waals surface area (Å²) in [6.45, 7) is 0. The molecule has 0 saturated heterocycles. The molecule has 172 valence electrons. The van der Waals surface area contributed by atoms with Crippen molar-refractivity contribution in [1.29, 1.82) is 0 Å². The highest BCUT2D eigenvalue weighted by Gasteiger charge is 2.47. The molecule has 2 unspecified atom stereocenters. The molecule has 0 amide bonds. The van der Waals surface area contributed by atoms with E-state index < -0.39 is 7.92 Å². The Morgan fingerprint density at radius 1 is 0.688 bits per heavy atom. The molecule has 1 N–H and O–H groups in total. The summed E-state index contributed by atoms with van der Waals surface area (Å²) in [5, 5.41) is 3.70.